The van der Waals surface area contributed by atoms with Crippen LogP contribution in [0.4, 0.5) is 0 Å². The van der Waals surface area contributed by atoms with E-state index in [0.717, 1.165) is 32.8 Å². The van der Waals surface area contributed by atoms with Gasteiger partial charge in [0.05, 0.1) is 13.2 Å². The minimum absolute atomic E-state index is 0.824. The molecule has 0 aliphatic heterocycles. The lowest BCUT2D eigenvalue weighted by molar-refractivity contribution is 0.119. The summed E-state index contributed by atoms with van der Waals surface area (Å²) in [4.78, 5) is 2.13. The van der Waals surface area contributed by atoms with Crippen LogP contribution in [0.5, 0.6) is 0 Å². The van der Waals surface area contributed by atoms with Crippen molar-refractivity contribution in [3.8, 4) is 0 Å². The number of ether oxygens (including phenoxy) is 1. The van der Waals surface area contributed by atoms with Crippen molar-refractivity contribution in [1.29, 1.82) is 0 Å². The van der Waals surface area contributed by atoms with E-state index >= 15 is 0 Å². The molecule has 1 N–H and O–H groups in total. The van der Waals surface area contributed by atoms with Crippen LogP contribution in [-0.2, 0) is 4.74 Å². The molecule has 86 valence electrons. The van der Waals surface area contributed by atoms with Crippen molar-refractivity contribution < 1.29 is 4.74 Å². The molecule has 4 heteroatoms. The number of nitrogens with zero attached hydrogens (tertiary/aromatic N) is 1. The highest BCUT2D eigenvalue weighted by molar-refractivity contribution is 7.99. The molecule has 0 rings (SSSR count). The van der Waals surface area contributed by atoms with Crippen LogP contribution in [0.3, 0.4) is 0 Å². The van der Waals surface area contributed by atoms with Gasteiger partial charge in [-0.15, -0.1) is 0 Å². The molecule has 0 atom stereocenters. The zero-order valence-electron chi connectivity index (χ0n) is 9.71. The second-order valence-corrected chi connectivity index (χ2v) is 4.76. The predicted molar refractivity (Wildman–Crippen MR) is 65.2 cm³/mol. The lowest BCUT2D eigenvalue weighted by Crippen LogP contribution is -2.24. The second kappa shape index (κ2) is 11.3. The summed E-state index contributed by atoms with van der Waals surface area (Å²) in [5.41, 5.74) is 0. The van der Waals surface area contributed by atoms with Gasteiger partial charge in [0.1, 0.15) is 0 Å². The van der Waals surface area contributed by atoms with E-state index in [0.29, 0.717) is 0 Å². The summed E-state index contributed by atoms with van der Waals surface area (Å²) in [5, 5.41) is 3.35. The molecule has 0 fully saturated rings. The first-order chi connectivity index (χ1) is 6.77. The minimum Gasteiger partial charge on any atom is -0.379 e. The van der Waals surface area contributed by atoms with Gasteiger partial charge in [-0.1, -0.05) is 6.92 Å². The van der Waals surface area contributed by atoms with E-state index in [4.69, 9.17) is 4.74 Å². The van der Waals surface area contributed by atoms with Crippen LogP contribution < -0.4 is 5.32 Å². The third-order valence-corrected chi connectivity index (χ3v) is 2.63. The van der Waals surface area contributed by atoms with Crippen molar-refractivity contribution in [3.05, 3.63) is 0 Å². The molecule has 0 heterocycles. The maximum Gasteiger partial charge on any atom is 0.0593 e. The van der Waals surface area contributed by atoms with Crippen LogP contribution >= 0.6 is 11.8 Å². The van der Waals surface area contributed by atoms with E-state index < -0.39 is 0 Å². The first-order valence-electron chi connectivity index (χ1n) is 5.28. The Balaban J connectivity index is 2.85. The molecular weight excluding hydrogens is 196 g/mol. The summed E-state index contributed by atoms with van der Waals surface area (Å²) in [5.74, 6) is 2.41. The molecule has 14 heavy (non-hydrogen) atoms. The Labute approximate surface area is 92.6 Å². The van der Waals surface area contributed by atoms with Crippen LogP contribution in [0.1, 0.15) is 6.92 Å². The zero-order valence-corrected chi connectivity index (χ0v) is 10.5. The van der Waals surface area contributed by atoms with Gasteiger partial charge in [-0.3, -0.25) is 0 Å². The lowest BCUT2D eigenvalue weighted by Gasteiger charge is -2.10. The Bertz CT molecular complexity index is 112. The molecule has 0 aliphatic rings. The third-order valence-electron chi connectivity index (χ3n) is 1.73. The quantitative estimate of drug-likeness (QED) is 0.553. The summed E-state index contributed by atoms with van der Waals surface area (Å²) >= 11 is 1.97. The SMILES string of the molecule is CCSCCNCCOCCN(C)C. The van der Waals surface area contributed by atoms with Crippen molar-refractivity contribution in [3.63, 3.8) is 0 Å². The van der Waals surface area contributed by atoms with Gasteiger partial charge in [0.15, 0.2) is 0 Å². The van der Waals surface area contributed by atoms with E-state index in [1.54, 1.807) is 0 Å². The number of hydrogen-bond donors (Lipinski definition) is 1. The summed E-state index contributed by atoms with van der Waals surface area (Å²) in [6, 6.07) is 0. The van der Waals surface area contributed by atoms with E-state index in [1.807, 2.05) is 11.8 Å². The van der Waals surface area contributed by atoms with Gasteiger partial charge >= 0.3 is 0 Å². The largest absolute Gasteiger partial charge is 0.379 e. The van der Waals surface area contributed by atoms with Gasteiger partial charge in [0, 0.05) is 25.4 Å². The maximum atomic E-state index is 5.44. The monoisotopic (exact) mass is 220 g/mol. The average molecular weight is 220 g/mol. The molecule has 0 bridgehead atoms. The lowest BCUT2D eigenvalue weighted by atomic mass is 10.6. The maximum absolute atomic E-state index is 5.44. The smallest absolute Gasteiger partial charge is 0.0593 e. The van der Waals surface area contributed by atoms with Crippen LogP contribution in [0.15, 0.2) is 0 Å². The highest BCUT2D eigenvalue weighted by Gasteiger charge is 1.91. The molecule has 0 aromatic rings. The van der Waals surface area contributed by atoms with Gasteiger partial charge in [0.25, 0.3) is 0 Å². The van der Waals surface area contributed by atoms with Crippen molar-refractivity contribution in [2.45, 2.75) is 6.92 Å². The molecule has 0 aromatic heterocycles. The first kappa shape index (κ1) is 14.2. The highest BCUT2D eigenvalue weighted by Crippen LogP contribution is 1.94. The number of hydrogen-bond acceptors (Lipinski definition) is 4. The van der Waals surface area contributed by atoms with E-state index in [2.05, 4.69) is 31.2 Å². The molecule has 3 nitrogen and oxygen atoms in total. The van der Waals surface area contributed by atoms with Gasteiger partial charge in [-0.2, -0.15) is 11.8 Å². The normalized spacial score (nSPS) is 11.1. The van der Waals surface area contributed by atoms with Crippen molar-refractivity contribution in [2.24, 2.45) is 0 Å². The Morgan fingerprint density at radius 3 is 2.64 bits per heavy atom. The molecule has 0 amide bonds. The van der Waals surface area contributed by atoms with Crippen LogP contribution in [0.25, 0.3) is 0 Å². The Morgan fingerprint density at radius 2 is 2.00 bits per heavy atom. The van der Waals surface area contributed by atoms with Crippen molar-refractivity contribution in [2.75, 3.05) is 58.4 Å². The zero-order chi connectivity index (χ0) is 10.6. The first-order valence-corrected chi connectivity index (χ1v) is 6.43. The van der Waals surface area contributed by atoms with Crippen LogP contribution in [-0.4, -0.2) is 63.3 Å². The number of thioether (sulfide) groups is 1. The molecular formula is C10H24N2OS. The van der Waals surface area contributed by atoms with Gasteiger partial charge in [-0.25, -0.2) is 0 Å². The van der Waals surface area contributed by atoms with E-state index in [1.165, 1.54) is 11.5 Å². The summed E-state index contributed by atoms with van der Waals surface area (Å²) < 4.78 is 5.44. The Hall–Kier alpha value is 0.230. The molecule has 0 saturated carbocycles. The minimum atomic E-state index is 0.824. The van der Waals surface area contributed by atoms with Crippen molar-refractivity contribution in [1.82, 2.24) is 10.2 Å². The molecule has 0 unspecified atom stereocenters. The Morgan fingerprint density at radius 1 is 1.21 bits per heavy atom. The molecule has 0 aliphatic carbocycles. The topological polar surface area (TPSA) is 24.5 Å². The van der Waals surface area contributed by atoms with E-state index in [-0.39, 0.29) is 0 Å². The fraction of sp³-hybridized carbons (Fsp3) is 1.00. The number of likely N-dealkylation sites (N-methyl/N-ethyl adjacent to an activating group) is 1. The molecule has 0 spiro atoms. The predicted octanol–water partition coefficient (Wildman–Crippen LogP) is 0.907. The summed E-state index contributed by atoms with van der Waals surface area (Å²) in [7, 11) is 4.12. The Kier molecular flexibility index (Phi) is 11.5. The van der Waals surface area contributed by atoms with Gasteiger partial charge in [-0.05, 0) is 19.8 Å². The van der Waals surface area contributed by atoms with Crippen LogP contribution in [0.2, 0.25) is 0 Å². The van der Waals surface area contributed by atoms with Crippen molar-refractivity contribution >= 4 is 11.8 Å². The fourth-order valence-electron chi connectivity index (χ4n) is 0.907. The van der Waals surface area contributed by atoms with E-state index in [9.17, 15) is 0 Å². The molecule has 0 saturated heterocycles. The standard InChI is InChI=1S/C10H24N2OS/c1-4-14-10-6-11-5-8-13-9-7-12(2)3/h11H,4-10H2,1-3H3. The number of rotatable bonds is 10. The fourth-order valence-corrected chi connectivity index (χ4v) is 1.48. The second-order valence-electron chi connectivity index (χ2n) is 3.36. The summed E-state index contributed by atoms with van der Waals surface area (Å²) in [6.45, 7) is 6.91. The van der Waals surface area contributed by atoms with Gasteiger partial charge in [0.2, 0.25) is 0 Å². The average Bonchev–Trinajstić information content (AvgIpc) is 2.15. The highest BCUT2D eigenvalue weighted by atomic mass is 32.2. The molecule has 0 aromatic carbocycles. The van der Waals surface area contributed by atoms with Crippen LogP contribution in [0, 0.1) is 0 Å². The van der Waals surface area contributed by atoms with Gasteiger partial charge < -0.3 is 15.0 Å². The number of nitrogens with one attached hydrogen (secondary N) is 1. The summed E-state index contributed by atoms with van der Waals surface area (Å²) in [6.07, 6.45) is 0. The third kappa shape index (κ3) is 12.2. The molecule has 0 radical (unpaired) electrons.